The van der Waals surface area contributed by atoms with Gasteiger partial charge < -0.3 is 10.1 Å². The van der Waals surface area contributed by atoms with E-state index >= 15 is 0 Å². The highest BCUT2D eigenvalue weighted by Gasteiger charge is 2.44. The van der Waals surface area contributed by atoms with E-state index in [4.69, 9.17) is 4.74 Å². The molecule has 158 valence electrons. The van der Waals surface area contributed by atoms with Gasteiger partial charge in [0, 0.05) is 41.6 Å². The Morgan fingerprint density at radius 2 is 1.93 bits per heavy atom. The summed E-state index contributed by atoms with van der Waals surface area (Å²) in [5, 5.41) is 3.65. The predicted molar refractivity (Wildman–Crippen MR) is 115 cm³/mol. The standard InChI is InChI=1S/C23H32N2O3S/c1-28-19-7-6-8-20-18(19)13-17(16-29-20)24-11-4-5-12-25-21(26)14-23(15-22(25)27)9-2-3-10-23/h6-8,17,24H,2-5,9-16H2,1H3. The van der Waals surface area contributed by atoms with Crippen molar-refractivity contribution < 1.29 is 14.3 Å². The van der Waals surface area contributed by atoms with Crippen LogP contribution in [0.4, 0.5) is 0 Å². The van der Waals surface area contributed by atoms with E-state index in [1.807, 2.05) is 17.8 Å². The third kappa shape index (κ3) is 4.64. The van der Waals surface area contributed by atoms with Gasteiger partial charge in [0.25, 0.3) is 0 Å². The predicted octanol–water partition coefficient (Wildman–Crippen LogP) is 3.79. The van der Waals surface area contributed by atoms with Gasteiger partial charge in [-0.3, -0.25) is 14.5 Å². The van der Waals surface area contributed by atoms with E-state index < -0.39 is 0 Å². The Labute approximate surface area is 177 Å². The minimum Gasteiger partial charge on any atom is -0.496 e. The number of hydrogen-bond acceptors (Lipinski definition) is 5. The zero-order chi connectivity index (χ0) is 20.3. The zero-order valence-electron chi connectivity index (χ0n) is 17.4. The lowest BCUT2D eigenvalue weighted by atomic mass is 9.76. The topological polar surface area (TPSA) is 58.6 Å². The number of carbonyl (C=O) groups is 2. The van der Waals surface area contributed by atoms with E-state index in [0.29, 0.717) is 25.4 Å². The van der Waals surface area contributed by atoms with Gasteiger partial charge in [-0.25, -0.2) is 0 Å². The number of likely N-dealkylation sites (tertiary alicyclic amines) is 1. The molecule has 1 aromatic carbocycles. The van der Waals surface area contributed by atoms with Crippen LogP contribution >= 0.6 is 11.8 Å². The summed E-state index contributed by atoms with van der Waals surface area (Å²) < 4.78 is 5.52. The SMILES string of the molecule is COc1cccc2c1CC(NCCCCN1C(=O)CC3(CCCC3)CC1=O)CS2. The molecule has 0 aromatic heterocycles. The second-order valence-electron chi connectivity index (χ2n) is 8.81. The average molecular weight is 417 g/mol. The summed E-state index contributed by atoms with van der Waals surface area (Å²) in [5.41, 5.74) is 1.30. The van der Waals surface area contributed by atoms with Crippen molar-refractivity contribution in [2.75, 3.05) is 26.0 Å². The maximum absolute atomic E-state index is 12.5. The van der Waals surface area contributed by atoms with Crippen molar-refractivity contribution in [3.63, 3.8) is 0 Å². The molecule has 29 heavy (non-hydrogen) atoms. The first kappa shape index (κ1) is 20.7. The average Bonchev–Trinajstić information content (AvgIpc) is 3.16. The van der Waals surface area contributed by atoms with Crippen molar-refractivity contribution in [1.29, 1.82) is 0 Å². The molecule has 1 N–H and O–H groups in total. The van der Waals surface area contributed by atoms with E-state index in [2.05, 4.69) is 17.4 Å². The van der Waals surface area contributed by atoms with Crippen molar-refractivity contribution in [2.45, 2.75) is 68.7 Å². The third-order valence-corrected chi connectivity index (χ3v) is 8.02. The third-order valence-electron chi connectivity index (χ3n) is 6.76. The molecule has 2 aliphatic heterocycles. The fraction of sp³-hybridized carbons (Fsp3) is 0.652. The largest absolute Gasteiger partial charge is 0.496 e. The van der Waals surface area contributed by atoms with Gasteiger partial charge in [0.2, 0.25) is 11.8 Å². The molecule has 1 aliphatic carbocycles. The number of fused-ring (bicyclic) bond motifs is 1. The highest BCUT2D eigenvalue weighted by Crippen LogP contribution is 2.46. The molecule has 0 bridgehead atoms. The highest BCUT2D eigenvalue weighted by molar-refractivity contribution is 7.99. The van der Waals surface area contributed by atoms with Crippen LogP contribution in [0.25, 0.3) is 0 Å². The molecule has 1 saturated carbocycles. The molecule has 2 amide bonds. The van der Waals surface area contributed by atoms with Crippen LogP contribution in [-0.4, -0.2) is 48.7 Å². The summed E-state index contributed by atoms with van der Waals surface area (Å²) in [5.74, 6) is 2.15. The number of benzene rings is 1. The summed E-state index contributed by atoms with van der Waals surface area (Å²) in [4.78, 5) is 27.9. The van der Waals surface area contributed by atoms with Crippen LogP contribution in [0.15, 0.2) is 23.1 Å². The van der Waals surface area contributed by atoms with Crippen LogP contribution in [0.5, 0.6) is 5.75 Å². The van der Waals surface area contributed by atoms with Gasteiger partial charge >= 0.3 is 0 Å². The monoisotopic (exact) mass is 416 g/mol. The van der Waals surface area contributed by atoms with E-state index in [-0.39, 0.29) is 17.2 Å². The number of carbonyl (C=O) groups excluding carboxylic acids is 2. The smallest absolute Gasteiger partial charge is 0.229 e. The molecule has 0 radical (unpaired) electrons. The number of ether oxygens (including phenoxy) is 1. The molecule has 1 saturated heterocycles. The van der Waals surface area contributed by atoms with Crippen molar-refractivity contribution in [2.24, 2.45) is 5.41 Å². The molecule has 2 fully saturated rings. The fourth-order valence-electron chi connectivity index (χ4n) is 5.16. The minimum atomic E-state index is 0.00220. The summed E-state index contributed by atoms with van der Waals surface area (Å²) in [6, 6.07) is 6.69. The van der Waals surface area contributed by atoms with Gasteiger partial charge in [-0.1, -0.05) is 18.9 Å². The number of methoxy groups -OCH3 is 1. The summed E-state index contributed by atoms with van der Waals surface area (Å²) >= 11 is 1.88. The molecule has 5 nitrogen and oxygen atoms in total. The van der Waals surface area contributed by atoms with E-state index in [1.54, 1.807) is 7.11 Å². The van der Waals surface area contributed by atoms with Gasteiger partial charge in [0.15, 0.2) is 0 Å². The van der Waals surface area contributed by atoms with Gasteiger partial charge in [-0.05, 0) is 56.2 Å². The number of unbranched alkanes of at least 4 members (excludes halogenated alkanes) is 1. The molecular formula is C23H32N2O3S. The van der Waals surface area contributed by atoms with Crippen LogP contribution < -0.4 is 10.1 Å². The first-order valence-corrected chi connectivity index (χ1v) is 11.9. The van der Waals surface area contributed by atoms with E-state index in [1.165, 1.54) is 28.2 Å². The Kier molecular flexibility index (Phi) is 6.50. The summed E-state index contributed by atoms with van der Waals surface area (Å²) in [6.45, 7) is 1.49. The van der Waals surface area contributed by atoms with Crippen LogP contribution in [0.2, 0.25) is 0 Å². The Bertz CT molecular complexity index is 726. The fourth-order valence-corrected chi connectivity index (χ4v) is 6.31. The number of nitrogens with zero attached hydrogens (tertiary/aromatic N) is 1. The minimum absolute atomic E-state index is 0.00220. The van der Waals surface area contributed by atoms with Crippen molar-refractivity contribution in [1.82, 2.24) is 10.2 Å². The normalized spacial score (nSPS) is 23.5. The van der Waals surface area contributed by atoms with Gasteiger partial charge in [-0.2, -0.15) is 0 Å². The van der Waals surface area contributed by atoms with E-state index in [0.717, 1.165) is 50.2 Å². The van der Waals surface area contributed by atoms with Crippen LogP contribution in [0.1, 0.15) is 56.9 Å². The Balaban J connectivity index is 1.19. The number of nitrogens with one attached hydrogen (secondary N) is 1. The molecule has 6 heteroatoms. The van der Waals surface area contributed by atoms with Crippen LogP contribution in [0, 0.1) is 5.41 Å². The summed E-state index contributed by atoms with van der Waals surface area (Å²) in [7, 11) is 1.73. The quantitative estimate of drug-likeness (QED) is 0.541. The first-order chi connectivity index (χ1) is 14.1. The van der Waals surface area contributed by atoms with Crippen molar-refractivity contribution in [3.05, 3.63) is 23.8 Å². The molecule has 1 aromatic rings. The number of amides is 2. The zero-order valence-corrected chi connectivity index (χ0v) is 18.2. The van der Waals surface area contributed by atoms with Gasteiger partial charge in [-0.15, -0.1) is 11.8 Å². The number of piperidine rings is 1. The second-order valence-corrected chi connectivity index (χ2v) is 9.87. The molecule has 3 aliphatic rings. The lowest BCUT2D eigenvalue weighted by Gasteiger charge is -2.37. The number of thioether (sulfide) groups is 1. The summed E-state index contributed by atoms with van der Waals surface area (Å²) in [6.07, 6.45) is 8.43. The number of imide groups is 1. The molecular weight excluding hydrogens is 384 g/mol. The van der Waals surface area contributed by atoms with Crippen molar-refractivity contribution in [3.8, 4) is 5.75 Å². The van der Waals surface area contributed by atoms with Crippen molar-refractivity contribution >= 4 is 23.6 Å². The highest BCUT2D eigenvalue weighted by atomic mass is 32.2. The van der Waals surface area contributed by atoms with E-state index in [9.17, 15) is 9.59 Å². The molecule has 1 unspecified atom stereocenters. The molecule has 1 atom stereocenters. The van der Waals surface area contributed by atoms with Crippen LogP contribution in [-0.2, 0) is 16.0 Å². The molecule has 1 spiro atoms. The maximum Gasteiger partial charge on any atom is 0.229 e. The Morgan fingerprint density at radius 3 is 2.66 bits per heavy atom. The van der Waals surface area contributed by atoms with Crippen LogP contribution in [0.3, 0.4) is 0 Å². The molecule has 4 rings (SSSR count). The lowest BCUT2D eigenvalue weighted by molar-refractivity contribution is -0.153. The van der Waals surface area contributed by atoms with Gasteiger partial charge in [0.05, 0.1) is 7.11 Å². The second kappa shape index (κ2) is 9.09. The lowest BCUT2D eigenvalue weighted by Crippen LogP contribution is -2.47. The van der Waals surface area contributed by atoms with Gasteiger partial charge in [0.1, 0.15) is 5.75 Å². The number of rotatable bonds is 7. The molecule has 2 heterocycles. The Morgan fingerprint density at radius 1 is 1.17 bits per heavy atom. The number of hydrogen-bond donors (Lipinski definition) is 1. The Hall–Kier alpha value is -1.53. The first-order valence-electron chi connectivity index (χ1n) is 11.0. The maximum atomic E-state index is 12.5.